The number of nitrogens with zero attached hydrogens (tertiary/aromatic N) is 2. The van der Waals surface area contributed by atoms with Gasteiger partial charge in [0, 0.05) is 12.4 Å². The Kier molecular flexibility index (Phi) is 3.85. The van der Waals surface area contributed by atoms with Crippen molar-refractivity contribution in [1.82, 2.24) is 9.78 Å². The van der Waals surface area contributed by atoms with Crippen LogP contribution in [0.1, 0.15) is 37.0 Å². The van der Waals surface area contributed by atoms with Gasteiger partial charge in [0.1, 0.15) is 11.3 Å². The first-order valence-electron chi connectivity index (χ1n) is 5.20. The molecule has 7 heteroatoms. The molecule has 0 aliphatic carbocycles. The van der Waals surface area contributed by atoms with E-state index < -0.39 is 24.1 Å². The van der Waals surface area contributed by atoms with Crippen LogP contribution >= 0.6 is 0 Å². The molecule has 7 nitrogen and oxygen atoms in total. The average molecular weight is 253 g/mol. The van der Waals surface area contributed by atoms with Crippen LogP contribution in [0.3, 0.4) is 0 Å². The van der Waals surface area contributed by atoms with Crippen molar-refractivity contribution in [2.24, 2.45) is 0 Å². The third kappa shape index (κ3) is 3.69. The van der Waals surface area contributed by atoms with Crippen molar-refractivity contribution in [1.29, 1.82) is 0 Å². The molecule has 0 N–H and O–H groups in total. The topological polar surface area (TPSA) is 101 Å². The number of ether oxygens (including phenoxy) is 1. The normalized spacial score (nSPS) is 11.1. The SMILES string of the molecule is CC(C)(C)OC(=O)n1nc(C=O)cc1CC(=O)[O-]. The molecule has 0 bridgehead atoms. The number of hydrogen-bond acceptors (Lipinski definition) is 6. The van der Waals surface area contributed by atoms with Gasteiger partial charge in [-0.15, -0.1) is 0 Å². The molecule has 0 saturated carbocycles. The molecule has 1 heterocycles. The fourth-order valence-corrected chi connectivity index (χ4v) is 1.24. The monoisotopic (exact) mass is 253 g/mol. The summed E-state index contributed by atoms with van der Waals surface area (Å²) in [5.41, 5.74) is -0.758. The summed E-state index contributed by atoms with van der Waals surface area (Å²) in [7, 11) is 0. The molecule has 0 aliphatic heterocycles. The quantitative estimate of drug-likeness (QED) is 0.689. The molecule has 1 aromatic heterocycles. The molecule has 0 fully saturated rings. The highest BCUT2D eigenvalue weighted by atomic mass is 16.6. The van der Waals surface area contributed by atoms with Gasteiger partial charge in [0.05, 0.1) is 5.69 Å². The van der Waals surface area contributed by atoms with Crippen LogP contribution in [-0.2, 0) is 16.0 Å². The summed E-state index contributed by atoms with van der Waals surface area (Å²) >= 11 is 0. The zero-order valence-electron chi connectivity index (χ0n) is 10.3. The van der Waals surface area contributed by atoms with Crippen LogP contribution in [0.4, 0.5) is 4.79 Å². The predicted molar refractivity (Wildman–Crippen MR) is 58.0 cm³/mol. The zero-order valence-corrected chi connectivity index (χ0v) is 10.3. The second-order valence-corrected chi connectivity index (χ2v) is 4.62. The summed E-state index contributed by atoms with van der Waals surface area (Å²) < 4.78 is 5.79. The number of carbonyl (C=O) groups is 3. The lowest BCUT2D eigenvalue weighted by Crippen LogP contribution is -2.31. The summed E-state index contributed by atoms with van der Waals surface area (Å²) in [6.45, 7) is 4.98. The lowest BCUT2D eigenvalue weighted by Gasteiger charge is -2.19. The molecule has 0 aromatic carbocycles. The van der Waals surface area contributed by atoms with E-state index >= 15 is 0 Å². The van der Waals surface area contributed by atoms with Crippen LogP contribution in [0.15, 0.2) is 6.07 Å². The van der Waals surface area contributed by atoms with E-state index in [1.54, 1.807) is 20.8 Å². The fourth-order valence-electron chi connectivity index (χ4n) is 1.24. The van der Waals surface area contributed by atoms with Gasteiger partial charge in [-0.2, -0.15) is 9.78 Å². The molecule has 0 saturated heterocycles. The highest BCUT2D eigenvalue weighted by molar-refractivity contribution is 5.78. The predicted octanol–water partition coefficient (Wildman–Crippen LogP) is -0.229. The molecular weight excluding hydrogens is 240 g/mol. The minimum atomic E-state index is -1.38. The van der Waals surface area contributed by atoms with Crippen molar-refractivity contribution in [2.45, 2.75) is 32.8 Å². The highest BCUT2D eigenvalue weighted by Gasteiger charge is 2.21. The van der Waals surface area contributed by atoms with Gasteiger partial charge in [-0.05, 0) is 26.8 Å². The molecule has 0 atom stereocenters. The van der Waals surface area contributed by atoms with Gasteiger partial charge in [0.15, 0.2) is 6.29 Å². The summed E-state index contributed by atoms with van der Waals surface area (Å²) in [6.07, 6.45) is -0.952. The molecule has 0 unspecified atom stereocenters. The maximum absolute atomic E-state index is 11.7. The van der Waals surface area contributed by atoms with Gasteiger partial charge in [-0.1, -0.05) is 0 Å². The van der Waals surface area contributed by atoms with Gasteiger partial charge in [0.2, 0.25) is 0 Å². The average Bonchev–Trinajstić information content (AvgIpc) is 2.57. The summed E-state index contributed by atoms with van der Waals surface area (Å²) in [4.78, 5) is 32.8. The van der Waals surface area contributed by atoms with E-state index in [-0.39, 0.29) is 11.4 Å². The Morgan fingerprint density at radius 3 is 2.56 bits per heavy atom. The Morgan fingerprint density at radius 1 is 1.50 bits per heavy atom. The van der Waals surface area contributed by atoms with E-state index in [0.717, 1.165) is 4.68 Å². The molecule has 0 radical (unpaired) electrons. The minimum absolute atomic E-state index is 0.0337. The second-order valence-electron chi connectivity index (χ2n) is 4.62. The van der Waals surface area contributed by atoms with Crippen LogP contribution in [0.5, 0.6) is 0 Å². The van der Waals surface area contributed by atoms with Gasteiger partial charge < -0.3 is 14.6 Å². The Morgan fingerprint density at radius 2 is 2.11 bits per heavy atom. The van der Waals surface area contributed by atoms with Crippen molar-refractivity contribution >= 4 is 18.3 Å². The number of carboxylic acid groups (broad SMARTS) is 1. The molecule has 98 valence electrons. The van der Waals surface area contributed by atoms with Gasteiger partial charge in [0.25, 0.3) is 0 Å². The van der Waals surface area contributed by atoms with Crippen molar-refractivity contribution in [2.75, 3.05) is 0 Å². The Balaban J connectivity index is 3.05. The number of rotatable bonds is 3. The first kappa shape index (κ1) is 13.9. The van der Waals surface area contributed by atoms with Crippen molar-refractivity contribution in [3.05, 3.63) is 17.5 Å². The maximum Gasteiger partial charge on any atom is 0.435 e. The number of carbonyl (C=O) groups excluding carboxylic acids is 3. The van der Waals surface area contributed by atoms with E-state index in [1.165, 1.54) is 6.07 Å². The smallest absolute Gasteiger partial charge is 0.435 e. The van der Waals surface area contributed by atoms with Crippen LogP contribution in [0, 0.1) is 0 Å². The number of carboxylic acids is 1. The third-order valence-electron chi connectivity index (χ3n) is 1.81. The molecule has 0 aliphatic rings. The lowest BCUT2D eigenvalue weighted by molar-refractivity contribution is -0.304. The van der Waals surface area contributed by atoms with Crippen LogP contribution < -0.4 is 5.11 Å². The summed E-state index contributed by atoms with van der Waals surface area (Å²) in [5, 5.41) is 14.2. The standard InChI is InChI=1S/C11H14N2O5/c1-11(2,3)18-10(17)13-8(5-9(15)16)4-7(6-14)12-13/h4,6H,5H2,1-3H3,(H,15,16)/p-1. The lowest BCUT2D eigenvalue weighted by atomic mass is 10.2. The first-order valence-corrected chi connectivity index (χ1v) is 5.20. The van der Waals surface area contributed by atoms with Crippen molar-refractivity contribution in [3.63, 3.8) is 0 Å². The van der Waals surface area contributed by atoms with E-state index in [4.69, 9.17) is 4.74 Å². The molecule has 18 heavy (non-hydrogen) atoms. The van der Waals surface area contributed by atoms with E-state index in [0.29, 0.717) is 6.29 Å². The highest BCUT2D eigenvalue weighted by Crippen LogP contribution is 2.11. The number of hydrogen-bond donors (Lipinski definition) is 0. The summed E-state index contributed by atoms with van der Waals surface area (Å²) in [5.74, 6) is -1.38. The van der Waals surface area contributed by atoms with Crippen molar-refractivity contribution < 1.29 is 24.2 Å². The zero-order chi connectivity index (χ0) is 13.9. The summed E-state index contributed by atoms with van der Waals surface area (Å²) in [6, 6.07) is 1.20. The molecular formula is C11H13N2O5-. The van der Waals surface area contributed by atoms with Gasteiger partial charge in [-0.25, -0.2) is 4.79 Å². The Labute approximate surface area is 103 Å². The van der Waals surface area contributed by atoms with E-state index in [1.807, 2.05) is 0 Å². The second kappa shape index (κ2) is 4.99. The molecule has 1 rings (SSSR count). The Hall–Kier alpha value is -2.18. The number of aliphatic carboxylic acids is 1. The first-order chi connectivity index (χ1) is 8.23. The largest absolute Gasteiger partial charge is 0.550 e. The van der Waals surface area contributed by atoms with E-state index in [2.05, 4.69) is 5.10 Å². The van der Waals surface area contributed by atoms with E-state index in [9.17, 15) is 19.5 Å². The van der Waals surface area contributed by atoms with Gasteiger partial charge in [-0.3, -0.25) is 4.79 Å². The molecule has 1 aromatic rings. The molecule has 0 spiro atoms. The number of aromatic nitrogens is 2. The third-order valence-corrected chi connectivity index (χ3v) is 1.81. The van der Waals surface area contributed by atoms with Crippen LogP contribution in [0.2, 0.25) is 0 Å². The maximum atomic E-state index is 11.7. The number of aldehydes is 1. The minimum Gasteiger partial charge on any atom is -0.550 e. The van der Waals surface area contributed by atoms with Crippen molar-refractivity contribution in [3.8, 4) is 0 Å². The van der Waals surface area contributed by atoms with Gasteiger partial charge >= 0.3 is 6.09 Å². The van der Waals surface area contributed by atoms with Crippen LogP contribution in [-0.4, -0.2) is 33.7 Å². The Bertz CT molecular complexity index is 484. The fraction of sp³-hybridized carbons (Fsp3) is 0.455. The van der Waals surface area contributed by atoms with Crippen LogP contribution in [0.25, 0.3) is 0 Å². The molecule has 0 amide bonds.